The van der Waals surface area contributed by atoms with Gasteiger partial charge in [0.15, 0.2) is 0 Å². The van der Waals surface area contributed by atoms with Crippen molar-refractivity contribution < 1.29 is 26.3 Å². The molecule has 3 rings (SSSR count). The van der Waals surface area contributed by atoms with Crippen molar-refractivity contribution in [2.45, 2.75) is 30.5 Å². The van der Waals surface area contributed by atoms with Gasteiger partial charge in [0.25, 0.3) is 0 Å². The second-order valence-electron chi connectivity index (χ2n) is 8.33. The Balaban J connectivity index is 1.83. The van der Waals surface area contributed by atoms with Crippen molar-refractivity contribution in [3.05, 3.63) is 54.1 Å². The van der Waals surface area contributed by atoms with E-state index < -0.39 is 27.3 Å². The summed E-state index contributed by atoms with van der Waals surface area (Å²) in [6.45, 7) is 6.78. The van der Waals surface area contributed by atoms with Crippen molar-refractivity contribution in [3.8, 4) is 23.5 Å². The van der Waals surface area contributed by atoms with Crippen LogP contribution >= 0.6 is 0 Å². The van der Waals surface area contributed by atoms with Gasteiger partial charge in [0.1, 0.15) is 0 Å². The van der Waals surface area contributed by atoms with Crippen LogP contribution in [0.1, 0.15) is 19.4 Å². The third kappa shape index (κ3) is 5.95. The smallest absolute Gasteiger partial charge is 0.379 e. The van der Waals surface area contributed by atoms with Gasteiger partial charge < -0.3 is 4.74 Å². The van der Waals surface area contributed by atoms with Gasteiger partial charge in [-0.2, -0.15) is 17.5 Å². The highest BCUT2D eigenvalue weighted by atomic mass is 32.2. The van der Waals surface area contributed by atoms with Gasteiger partial charge in [0.2, 0.25) is 10.0 Å². The topological polar surface area (TPSA) is 49.9 Å². The molecule has 178 valence electrons. The van der Waals surface area contributed by atoms with Crippen LogP contribution in [0.5, 0.6) is 0 Å². The highest BCUT2D eigenvalue weighted by Crippen LogP contribution is 2.32. The van der Waals surface area contributed by atoms with Gasteiger partial charge in [-0.15, -0.1) is 6.42 Å². The van der Waals surface area contributed by atoms with Gasteiger partial charge in [0, 0.05) is 26.2 Å². The number of halogens is 3. The molecule has 2 aromatic rings. The minimum absolute atomic E-state index is 0.0727. The summed E-state index contributed by atoms with van der Waals surface area (Å²) in [5.41, 5.74) is -0.617. The molecule has 0 N–H and O–H groups in total. The van der Waals surface area contributed by atoms with Crippen LogP contribution in [-0.4, -0.2) is 62.6 Å². The normalized spacial score (nSPS) is 16.0. The van der Waals surface area contributed by atoms with E-state index in [0.717, 1.165) is 25.2 Å². The third-order valence-electron chi connectivity index (χ3n) is 5.69. The molecule has 1 aliphatic heterocycles. The molecule has 0 radical (unpaired) electrons. The lowest BCUT2D eigenvalue weighted by Crippen LogP contribution is -2.50. The molecule has 0 saturated carbocycles. The van der Waals surface area contributed by atoms with Gasteiger partial charge >= 0.3 is 6.18 Å². The maximum absolute atomic E-state index is 13.5. The number of hydrogen-bond acceptors (Lipinski definition) is 4. The van der Waals surface area contributed by atoms with Crippen LogP contribution in [0.15, 0.2) is 53.4 Å². The Bertz CT molecular complexity index is 1080. The Morgan fingerprint density at radius 1 is 1.00 bits per heavy atom. The summed E-state index contributed by atoms with van der Waals surface area (Å²) in [6.07, 6.45) is 1.25. The zero-order valence-electron chi connectivity index (χ0n) is 18.6. The lowest BCUT2D eigenvalue weighted by molar-refractivity contribution is -0.137. The molecule has 9 heteroatoms. The van der Waals surface area contributed by atoms with Gasteiger partial charge in [-0.05, 0) is 49.2 Å². The molecule has 33 heavy (non-hydrogen) atoms. The summed E-state index contributed by atoms with van der Waals surface area (Å²) in [7, 11) is -3.91. The highest BCUT2D eigenvalue weighted by molar-refractivity contribution is 7.89. The Kier molecular flexibility index (Phi) is 7.54. The number of sulfonamides is 1. The third-order valence-corrected chi connectivity index (χ3v) is 7.77. The van der Waals surface area contributed by atoms with Gasteiger partial charge in [-0.25, -0.2) is 8.42 Å². The van der Waals surface area contributed by atoms with Crippen molar-refractivity contribution >= 4 is 10.0 Å². The maximum Gasteiger partial charge on any atom is 0.416 e. The quantitative estimate of drug-likeness (QED) is 0.560. The van der Waals surface area contributed by atoms with Crippen molar-refractivity contribution in [1.82, 2.24) is 9.21 Å². The van der Waals surface area contributed by atoms with Crippen molar-refractivity contribution in [1.29, 1.82) is 0 Å². The van der Waals surface area contributed by atoms with E-state index in [-0.39, 0.29) is 11.4 Å². The minimum atomic E-state index is -4.41. The van der Waals surface area contributed by atoms with E-state index in [4.69, 9.17) is 11.2 Å². The van der Waals surface area contributed by atoms with E-state index in [1.165, 1.54) is 28.6 Å². The zero-order valence-corrected chi connectivity index (χ0v) is 19.4. The number of ether oxygens (including phenoxy) is 1. The monoisotopic (exact) mass is 480 g/mol. The van der Waals surface area contributed by atoms with Gasteiger partial charge in [-0.1, -0.05) is 30.2 Å². The molecule has 0 aliphatic carbocycles. The molecule has 0 amide bonds. The largest absolute Gasteiger partial charge is 0.416 e. The molecule has 0 aromatic heterocycles. The molecule has 5 nitrogen and oxygen atoms in total. The fourth-order valence-corrected chi connectivity index (χ4v) is 5.34. The predicted molar refractivity (Wildman–Crippen MR) is 121 cm³/mol. The molecular weight excluding hydrogens is 453 g/mol. The Morgan fingerprint density at radius 2 is 1.52 bits per heavy atom. The van der Waals surface area contributed by atoms with Crippen LogP contribution in [0.3, 0.4) is 0 Å². The van der Waals surface area contributed by atoms with Crippen molar-refractivity contribution in [2.24, 2.45) is 0 Å². The summed E-state index contributed by atoms with van der Waals surface area (Å²) in [5, 5.41) is 0. The minimum Gasteiger partial charge on any atom is -0.379 e. The van der Waals surface area contributed by atoms with E-state index in [1.54, 1.807) is 26.0 Å². The lowest BCUT2D eigenvalue weighted by atomic mass is 10.0. The number of morpholine rings is 1. The second kappa shape index (κ2) is 9.85. The van der Waals surface area contributed by atoms with Gasteiger partial charge in [0.05, 0.1) is 29.2 Å². The average Bonchev–Trinajstić information content (AvgIpc) is 2.79. The molecule has 0 unspecified atom stereocenters. The molecule has 0 atom stereocenters. The van der Waals surface area contributed by atoms with Crippen LogP contribution in [-0.2, 0) is 20.9 Å². The summed E-state index contributed by atoms with van der Waals surface area (Å²) >= 11 is 0. The maximum atomic E-state index is 13.5. The summed E-state index contributed by atoms with van der Waals surface area (Å²) < 4.78 is 72.0. The first-order valence-corrected chi connectivity index (χ1v) is 12.0. The number of rotatable bonds is 7. The number of benzene rings is 2. The van der Waals surface area contributed by atoms with Crippen LogP contribution in [0.4, 0.5) is 13.2 Å². The number of hydrogen-bond donors (Lipinski definition) is 0. The summed E-state index contributed by atoms with van der Waals surface area (Å²) in [6, 6.07) is 10.8. The number of nitrogens with zero attached hydrogens (tertiary/aromatic N) is 2. The van der Waals surface area contributed by atoms with Crippen molar-refractivity contribution in [3.63, 3.8) is 0 Å². The molecular formula is C24H27F3N2O3S. The number of terminal acetylenes is 1. The second-order valence-corrected chi connectivity index (χ2v) is 10.2. The molecule has 1 heterocycles. The van der Waals surface area contributed by atoms with E-state index in [1.807, 2.05) is 0 Å². The van der Waals surface area contributed by atoms with Crippen LogP contribution in [0.2, 0.25) is 0 Å². The molecule has 0 spiro atoms. The summed E-state index contributed by atoms with van der Waals surface area (Å²) in [5.74, 6) is 2.57. The van der Waals surface area contributed by atoms with E-state index in [9.17, 15) is 21.6 Å². The van der Waals surface area contributed by atoms with E-state index in [2.05, 4.69) is 10.8 Å². The number of alkyl halides is 3. The Morgan fingerprint density at radius 3 is 2.00 bits per heavy atom. The first kappa shape index (κ1) is 25.2. The summed E-state index contributed by atoms with van der Waals surface area (Å²) in [4.78, 5) is 2.20. The van der Waals surface area contributed by atoms with Crippen LogP contribution in [0, 0.1) is 12.3 Å². The molecule has 0 bridgehead atoms. The Labute approximate surface area is 193 Å². The Hall–Kier alpha value is -2.38. The standard InChI is InChI=1S/C24H27F3N2O3S/c1-4-23(2,3)29(14-13-28-15-17-32-18-16-28)33(30,31)22-11-7-20(8-12-22)19-5-9-21(10-6-19)24(25,26)27/h1,5-12H,13-18H2,2-3H3. The van der Waals surface area contributed by atoms with Crippen LogP contribution < -0.4 is 0 Å². The van der Waals surface area contributed by atoms with Crippen LogP contribution in [0.25, 0.3) is 11.1 Å². The lowest BCUT2D eigenvalue weighted by Gasteiger charge is -2.36. The molecule has 2 aromatic carbocycles. The fraction of sp³-hybridized carbons (Fsp3) is 0.417. The fourth-order valence-electron chi connectivity index (χ4n) is 3.63. The SMILES string of the molecule is C#CC(C)(C)N(CCN1CCOCC1)S(=O)(=O)c1ccc(-c2ccc(C(F)(F)F)cc2)cc1. The van der Waals surface area contributed by atoms with E-state index in [0.29, 0.717) is 30.9 Å². The van der Waals surface area contributed by atoms with Gasteiger partial charge in [-0.3, -0.25) is 4.90 Å². The molecule has 1 saturated heterocycles. The first-order chi connectivity index (χ1) is 15.4. The predicted octanol–water partition coefficient (Wildman–Crippen LogP) is 4.11. The molecule has 1 fully saturated rings. The highest BCUT2D eigenvalue weighted by Gasteiger charge is 2.36. The van der Waals surface area contributed by atoms with E-state index >= 15 is 0 Å². The zero-order chi connectivity index (χ0) is 24.3. The first-order valence-electron chi connectivity index (χ1n) is 10.5. The molecule has 1 aliphatic rings. The van der Waals surface area contributed by atoms with Crippen molar-refractivity contribution in [2.75, 3.05) is 39.4 Å². The average molecular weight is 481 g/mol.